The molecule has 1 aromatic carbocycles. The molecule has 17 heavy (non-hydrogen) atoms. The van der Waals surface area contributed by atoms with Gasteiger partial charge in [0, 0.05) is 3.57 Å². The minimum absolute atomic E-state index is 0.0201. The second-order valence-electron chi connectivity index (χ2n) is 3.55. The van der Waals surface area contributed by atoms with Gasteiger partial charge in [0.1, 0.15) is 0 Å². The molecule has 8 heteroatoms. The third kappa shape index (κ3) is 2.43. The number of aliphatic hydroxyl groups excluding tert-OH is 2. The second kappa shape index (κ2) is 4.18. The molecule has 0 amide bonds. The van der Waals surface area contributed by atoms with Gasteiger partial charge in [-0.05, 0) is 34.7 Å². The highest BCUT2D eigenvalue weighted by Crippen LogP contribution is 2.39. The van der Waals surface area contributed by atoms with Gasteiger partial charge in [0.15, 0.2) is 12.5 Å². The maximum absolute atomic E-state index is 12.6. The minimum Gasteiger partial charge on any atom is -0.369 e. The van der Waals surface area contributed by atoms with Crippen LogP contribution in [0.1, 0.15) is 5.56 Å². The van der Waals surface area contributed by atoms with E-state index in [-0.39, 0.29) is 9.26 Å². The van der Waals surface area contributed by atoms with Crippen LogP contribution in [-0.4, -0.2) is 22.7 Å². The van der Waals surface area contributed by atoms with Crippen molar-refractivity contribution in [3.63, 3.8) is 0 Å². The maximum Gasteiger partial charge on any atom is 0.417 e. The molecule has 2 rings (SSSR count). The summed E-state index contributed by atoms with van der Waals surface area (Å²) < 4.78 is 37.9. The smallest absolute Gasteiger partial charge is 0.369 e. The molecule has 1 heterocycles. The highest BCUT2D eigenvalue weighted by molar-refractivity contribution is 14.1. The van der Waals surface area contributed by atoms with Crippen LogP contribution >= 0.6 is 22.6 Å². The van der Waals surface area contributed by atoms with Crippen molar-refractivity contribution < 1.29 is 23.4 Å². The van der Waals surface area contributed by atoms with E-state index >= 15 is 0 Å². The van der Waals surface area contributed by atoms with Crippen molar-refractivity contribution in [2.45, 2.75) is 18.6 Å². The van der Waals surface area contributed by atoms with Crippen molar-refractivity contribution in [3.05, 3.63) is 21.3 Å². The molecular weight excluding hydrogens is 352 g/mol. The lowest BCUT2D eigenvalue weighted by molar-refractivity contribution is -0.138. The number of anilines is 2. The molecule has 2 atom stereocenters. The summed E-state index contributed by atoms with van der Waals surface area (Å²) >= 11 is 1.57. The monoisotopic (exact) mass is 360 g/mol. The van der Waals surface area contributed by atoms with Crippen molar-refractivity contribution in [3.8, 4) is 0 Å². The molecule has 94 valence electrons. The summed E-state index contributed by atoms with van der Waals surface area (Å²) in [5.41, 5.74) is -0.356. The van der Waals surface area contributed by atoms with Gasteiger partial charge in [0.05, 0.1) is 16.9 Å². The number of aliphatic hydroxyl groups is 2. The lowest BCUT2D eigenvalue weighted by Gasteiger charge is -2.30. The van der Waals surface area contributed by atoms with E-state index in [2.05, 4.69) is 10.6 Å². The van der Waals surface area contributed by atoms with Gasteiger partial charge in [-0.25, -0.2) is 0 Å². The standard InChI is InChI=1S/C9H8F3IN2O2/c10-9(11,12)3-1-5-6(2-4(3)13)15-8(17)7(16)14-5/h1-2,7-8,14-17H. The van der Waals surface area contributed by atoms with E-state index < -0.39 is 24.2 Å². The first-order chi connectivity index (χ1) is 7.79. The SMILES string of the molecule is OC1Nc2cc(I)c(C(F)(F)F)cc2NC1O. The molecule has 0 saturated carbocycles. The second-order valence-corrected chi connectivity index (χ2v) is 4.72. The third-order valence-corrected chi connectivity index (χ3v) is 3.21. The first-order valence-electron chi connectivity index (χ1n) is 4.59. The summed E-state index contributed by atoms with van der Waals surface area (Å²) in [6.07, 6.45) is -7.05. The molecule has 0 aliphatic carbocycles. The molecular formula is C9H8F3IN2O2. The van der Waals surface area contributed by atoms with Crippen molar-refractivity contribution >= 4 is 34.0 Å². The van der Waals surface area contributed by atoms with Crippen LogP contribution in [0.15, 0.2) is 12.1 Å². The maximum atomic E-state index is 12.6. The Labute approximate surface area is 108 Å². The van der Waals surface area contributed by atoms with E-state index in [1.54, 1.807) is 22.6 Å². The third-order valence-electron chi connectivity index (χ3n) is 2.32. The lowest BCUT2D eigenvalue weighted by Crippen LogP contribution is -2.42. The topological polar surface area (TPSA) is 64.5 Å². The number of hydrogen-bond acceptors (Lipinski definition) is 4. The van der Waals surface area contributed by atoms with Gasteiger partial charge in [-0.15, -0.1) is 0 Å². The zero-order valence-corrected chi connectivity index (χ0v) is 10.4. The minimum atomic E-state index is -4.45. The van der Waals surface area contributed by atoms with Gasteiger partial charge in [-0.1, -0.05) is 0 Å². The first kappa shape index (κ1) is 12.7. The van der Waals surface area contributed by atoms with Gasteiger partial charge >= 0.3 is 6.18 Å². The average molecular weight is 360 g/mol. The van der Waals surface area contributed by atoms with Crippen LogP contribution in [0.25, 0.3) is 0 Å². The molecule has 1 aliphatic rings. The fraction of sp³-hybridized carbons (Fsp3) is 0.333. The Morgan fingerprint density at radius 1 is 1.06 bits per heavy atom. The van der Waals surface area contributed by atoms with Gasteiger partial charge in [-0.2, -0.15) is 13.2 Å². The van der Waals surface area contributed by atoms with Crippen molar-refractivity contribution in [2.75, 3.05) is 10.6 Å². The van der Waals surface area contributed by atoms with Crippen LogP contribution in [0.4, 0.5) is 24.5 Å². The molecule has 4 N–H and O–H groups in total. The van der Waals surface area contributed by atoms with Crippen molar-refractivity contribution in [1.82, 2.24) is 0 Å². The Morgan fingerprint density at radius 3 is 2.00 bits per heavy atom. The Kier molecular flexibility index (Phi) is 3.12. The summed E-state index contributed by atoms with van der Waals surface area (Å²) in [4.78, 5) is 0. The van der Waals surface area contributed by atoms with Crippen LogP contribution in [0, 0.1) is 3.57 Å². The summed E-state index contributed by atoms with van der Waals surface area (Å²) in [5.74, 6) is 0. The summed E-state index contributed by atoms with van der Waals surface area (Å²) in [7, 11) is 0. The van der Waals surface area contributed by atoms with E-state index in [0.717, 1.165) is 6.07 Å². The molecule has 2 unspecified atom stereocenters. The van der Waals surface area contributed by atoms with Gasteiger partial charge in [0.2, 0.25) is 0 Å². The Hall–Kier alpha value is -0.740. The number of hydrogen-bond donors (Lipinski definition) is 4. The fourth-order valence-corrected chi connectivity index (χ4v) is 2.28. The van der Waals surface area contributed by atoms with E-state index in [1.165, 1.54) is 6.07 Å². The molecule has 1 aromatic rings. The molecule has 1 aliphatic heterocycles. The molecule has 4 nitrogen and oxygen atoms in total. The lowest BCUT2D eigenvalue weighted by atomic mass is 10.1. The van der Waals surface area contributed by atoms with Crippen LogP contribution in [0.5, 0.6) is 0 Å². The van der Waals surface area contributed by atoms with E-state index in [9.17, 15) is 23.4 Å². The average Bonchev–Trinajstić information content (AvgIpc) is 2.18. The summed E-state index contributed by atoms with van der Waals surface area (Å²) in [6.45, 7) is 0. The van der Waals surface area contributed by atoms with Crippen LogP contribution < -0.4 is 10.6 Å². The summed E-state index contributed by atoms with van der Waals surface area (Å²) in [5, 5.41) is 23.5. The highest BCUT2D eigenvalue weighted by atomic mass is 127. The van der Waals surface area contributed by atoms with Gasteiger partial charge in [0.25, 0.3) is 0 Å². The summed E-state index contributed by atoms with van der Waals surface area (Å²) in [6, 6.07) is 2.17. The van der Waals surface area contributed by atoms with Gasteiger partial charge < -0.3 is 20.8 Å². The van der Waals surface area contributed by atoms with Crippen molar-refractivity contribution in [1.29, 1.82) is 0 Å². The quantitative estimate of drug-likeness (QED) is 0.533. The normalized spacial score (nSPS) is 23.6. The van der Waals surface area contributed by atoms with E-state index in [1.807, 2.05) is 0 Å². The number of nitrogens with one attached hydrogen (secondary N) is 2. The first-order valence-corrected chi connectivity index (χ1v) is 5.67. The zero-order valence-electron chi connectivity index (χ0n) is 8.22. The zero-order chi connectivity index (χ0) is 12.8. The van der Waals surface area contributed by atoms with Crippen LogP contribution in [-0.2, 0) is 6.18 Å². The Balaban J connectivity index is 2.47. The largest absolute Gasteiger partial charge is 0.417 e. The molecule has 0 fully saturated rings. The van der Waals surface area contributed by atoms with E-state index in [4.69, 9.17) is 0 Å². The number of rotatable bonds is 0. The predicted octanol–water partition coefficient (Wildman–Crippen LogP) is 1.78. The Bertz CT molecular complexity index is 453. The number of benzene rings is 1. The van der Waals surface area contributed by atoms with E-state index in [0.29, 0.717) is 5.69 Å². The number of halogens is 4. The molecule has 0 saturated heterocycles. The number of alkyl halides is 3. The number of fused-ring (bicyclic) bond motifs is 1. The Morgan fingerprint density at radius 2 is 1.53 bits per heavy atom. The van der Waals surface area contributed by atoms with Crippen LogP contribution in [0.3, 0.4) is 0 Å². The van der Waals surface area contributed by atoms with Gasteiger partial charge in [-0.3, -0.25) is 0 Å². The highest BCUT2D eigenvalue weighted by Gasteiger charge is 2.35. The molecule has 0 spiro atoms. The molecule has 0 aromatic heterocycles. The predicted molar refractivity (Wildman–Crippen MR) is 63.4 cm³/mol. The fourth-order valence-electron chi connectivity index (χ4n) is 1.51. The van der Waals surface area contributed by atoms with Crippen LogP contribution in [0.2, 0.25) is 0 Å². The van der Waals surface area contributed by atoms with Crippen molar-refractivity contribution in [2.24, 2.45) is 0 Å². The molecule has 0 radical (unpaired) electrons. The molecule has 0 bridgehead atoms.